The zero-order valence-corrected chi connectivity index (χ0v) is 22.6. The Balaban J connectivity index is 0.921. The maximum Gasteiger partial charge on any atom is 0.270 e. The molecule has 200 valence electrons. The number of nitrogens with one attached hydrogen (secondary N) is 2. The molecule has 2 fully saturated rings. The number of hydrogen-bond donors (Lipinski definition) is 2. The van der Waals surface area contributed by atoms with Crippen molar-refractivity contribution in [3.05, 3.63) is 102 Å². The zero-order valence-electron chi connectivity index (χ0n) is 21.8. The van der Waals surface area contributed by atoms with Gasteiger partial charge in [0, 0.05) is 42.1 Å². The first-order valence-electron chi connectivity index (χ1n) is 13.6. The number of carbonyl (C=O) groups excluding carboxylic acids is 2. The van der Waals surface area contributed by atoms with Gasteiger partial charge in [-0.3, -0.25) is 9.59 Å². The van der Waals surface area contributed by atoms with Gasteiger partial charge in [-0.2, -0.15) is 0 Å². The second-order valence-electron chi connectivity index (χ2n) is 10.6. The molecule has 1 aliphatic carbocycles. The van der Waals surface area contributed by atoms with Gasteiger partial charge < -0.3 is 15.2 Å². The normalized spacial score (nSPS) is 19.4. The van der Waals surface area contributed by atoms with Gasteiger partial charge >= 0.3 is 0 Å². The number of benzene rings is 3. The number of pyridine rings is 1. The van der Waals surface area contributed by atoms with E-state index in [-0.39, 0.29) is 29.7 Å². The number of fused-ring (bicyclic) bond motifs is 3. The lowest BCUT2D eigenvalue weighted by atomic mass is 10.1. The Morgan fingerprint density at radius 2 is 1.61 bits per heavy atom. The molecule has 41 heavy (non-hydrogen) atoms. The zero-order chi connectivity index (χ0) is 27.5. The fraction of sp³-hybridized carbons (Fsp3) is 0.156. The number of hydrogen-bond acceptors (Lipinski definition) is 6. The molecule has 4 heterocycles. The third-order valence-electron chi connectivity index (χ3n) is 8.04. The van der Waals surface area contributed by atoms with Crippen LogP contribution in [0.1, 0.15) is 20.8 Å². The van der Waals surface area contributed by atoms with Crippen molar-refractivity contribution in [3.63, 3.8) is 0 Å². The number of likely N-dealkylation sites (tertiary alicyclic amines) is 1. The Kier molecular flexibility index (Phi) is 5.46. The first-order valence-corrected chi connectivity index (χ1v) is 14.4. The van der Waals surface area contributed by atoms with Crippen molar-refractivity contribution in [2.45, 2.75) is 6.04 Å². The topological polar surface area (TPSA) is 104 Å². The summed E-state index contributed by atoms with van der Waals surface area (Å²) in [5, 5.41) is 4.05. The van der Waals surface area contributed by atoms with Gasteiger partial charge in [0.15, 0.2) is 5.82 Å². The number of imidazole rings is 1. The van der Waals surface area contributed by atoms with Crippen LogP contribution in [0.3, 0.4) is 0 Å². The van der Waals surface area contributed by atoms with Crippen molar-refractivity contribution in [2.24, 2.45) is 11.8 Å². The van der Waals surface area contributed by atoms with Gasteiger partial charge in [0.05, 0.1) is 21.3 Å². The SMILES string of the molecule is O=C(NC1C2CN(C(=O)c3cccc(-c4nc5ccccc5s4)c3)CC21)c1cccc(-c2nc3ccccc3[nH]2)n1. The number of rotatable bonds is 5. The summed E-state index contributed by atoms with van der Waals surface area (Å²) in [6.45, 7) is 1.26. The maximum atomic E-state index is 13.4. The number of H-pyrrole nitrogens is 1. The van der Waals surface area contributed by atoms with Crippen molar-refractivity contribution >= 4 is 44.4 Å². The summed E-state index contributed by atoms with van der Waals surface area (Å²) < 4.78 is 1.13. The predicted octanol–water partition coefficient (Wildman–Crippen LogP) is 5.40. The maximum absolute atomic E-state index is 13.4. The minimum Gasteiger partial charge on any atom is -0.347 e. The third kappa shape index (κ3) is 4.25. The fourth-order valence-electron chi connectivity index (χ4n) is 5.86. The number of nitrogens with zero attached hydrogens (tertiary/aromatic N) is 4. The monoisotopic (exact) mass is 556 g/mol. The Hall–Kier alpha value is -4.89. The first-order chi connectivity index (χ1) is 20.1. The van der Waals surface area contributed by atoms with Crippen LogP contribution in [0.5, 0.6) is 0 Å². The highest BCUT2D eigenvalue weighted by Gasteiger charge is 2.57. The van der Waals surface area contributed by atoms with Gasteiger partial charge in [-0.25, -0.2) is 15.0 Å². The molecule has 2 unspecified atom stereocenters. The number of carbonyl (C=O) groups is 2. The van der Waals surface area contributed by atoms with E-state index in [1.54, 1.807) is 17.4 Å². The van der Waals surface area contributed by atoms with Gasteiger partial charge in [0.1, 0.15) is 16.4 Å². The van der Waals surface area contributed by atoms with E-state index in [0.29, 0.717) is 35.9 Å². The Morgan fingerprint density at radius 1 is 0.829 bits per heavy atom. The van der Waals surface area contributed by atoms with E-state index in [1.165, 1.54) is 0 Å². The summed E-state index contributed by atoms with van der Waals surface area (Å²) in [5.41, 5.74) is 5.33. The lowest BCUT2D eigenvalue weighted by Crippen LogP contribution is -2.37. The predicted molar refractivity (Wildman–Crippen MR) is 159 cm³/mol. The largest absolute Gasteiger partial charge is 0.347 e. The summed E-state index contributed by atoms with van der Waals surface area (Å²) in [7, 11) is 0. The molecular formula is C32H24N6O2S. The molecule has 0 bridgehead atoms. The molecule has 9 heteroatoms. The molecule has 3 aromatic heterocycles. The van der Waals surface area contributed by atoms with Gasteiger partial charge in [0.25, 0.3) is 11.8 Å². The second kappa shape index (κ2) is 9.35. The minimum atomic E-state index is -0.205. The summed E-state index contributed by atoms with van der Waals surface area (Å²) >= 11 is 1.63. The molecule has 6 aromatic rings. The minimum absolute atomic E-state index is 0.0189. The Morgan fingerprint density at radius 3 is 2.44 bits per heavy atom. The number of piperidine rings is 1. The van der Waals surface area contributed by atoms with E-state index < -0.39 is 0 Å². The number of aromatic nitrogens is 4. The van der Waals surface area contributed by atoms with Crippen LogP contribution in [0, 0.1) is 11.8 Å². The van der Waals surface area contributed by atoms with Gasteiger partial charge in [-0.15, -0.1) is 11.3 Å². The van der Waals surface area contributed by atoms with Crippen LogP contribution in [-0.2, 0) is 0 Å². The average molecular weight is 557 g/mol. The van der Waals surface area contributed by atoms with E-state index in [9.17, 15) is 9.59 Å². The smallest absolute Gasteiger partial charge is 0.270 e. The first kappa shape index (κ1) is 24.0. The number of amides is 2. The van der Waals surface area contributed by atoms with Crippen LogP contribution in [0.15, 0.2) is 91.0 Å². The van der Waals surface area contributed by atoms with Crippen molar-refractivity contribution in [3.8, 4) is 22.1 Å². The van der Waals surface area contributed by atoms with Gasteiger partial charge in [-0.05, 0) is 48.5 Å². The molecular weight excluding hydrogens is 532 g/mol. The number of aromatic amines is 1. The van der Waals surface area contributed by atoms with Gasteiger partial charge in [0.2, 0.25) is 0 Å². The van der Waals surface area contributed by atoms with E-state index in [1.807, 2.05) is 83.8 Å². The highest BCUT2D eigenvalue weighted by molar-refractivity contribution is 7.21. The standard InChI is InChI=1S/C32H24N6O2S/c39-30(26-13-6-12-25(33-26)29-34-22-9-1-2-10-23(22)35-29)37-28-20-16-38(17-21(20)28)32(40)19-8-5-7-18(15-19)31-36-24-11-3-4-14-27(24)41-31/h1-15,20-21,28H,16-17H2,(H,34,35)(H,37,39). The van der Waals surface area contributed by atoms with Crippen LogP contribution in [0.4, 0.5) is 0 Å². The van der Waals surface area contributed by atoms with Crippen molar-refractivity contribution in [1.29, 1.82) is 0 Å². The van der Waals surface area contributed by atoms with Crippen LogP contribution in [0.25, 0.3) is 43.3 Å². The van der Waals surface area contributed by atoms with E-state index in [4.69, 9.17) is 4.98 Å². The molecule has 8 nitrogen and oxygen atoms in total. The molecule has 8 rings (SSSR count). The lowest BCUT2D eigenvalue weighted by Gasteiger charge is -2.20. The molecule has 3 aromatic carbocycles. The number of para-hydroxylation sites is 3. The van der Waals surface area contributed by atoms with E-state index in [2.05, 4.69) is 26.3 Å². The average Bonchev–Trinajstić information content (AvgIpc) is 3.48. The van der Waals surface area contributed by atoms with Crippen LogP contribution in [-0.4, -0.2) is 55.8 Å². The molecule has 0 radical (unpaired) electrons. The quantitative estimate of drug-likeness (QED) is 0.296. The molecule has 2 N–H and O–H groups in total. The third-order valence-corrected chi connectivity index (χ3v) is 9.13. The summed E-state index contributed by atoms with van der Waals surface area (Å²) in [4.78, 5) is 45.5. The Bertz CT molecular complexity index is 1900. The summed E-state index contributed by atoms with van der Waals surface area (Å²) in [5.74, 6) is 0.961. The van der Waals surface area contributed by atoms with Crippen molar-refractivity contribution in [2.75, 3.05) is 13.1 Å². The fourth-order valence-corrected chi connectivity index (χ4v) is 6.82. The van der Waals surface area contributed by atoms with Gasteiger partial charge in [-0.1, -0.05) is 42.5 Å². The molecule has 2 atom stereocenters. The highest BCUT2D eigenvalue weighted by Crippen LogP contribution is 2.46. The molecule has 1 saturated carbocycles. The molecule has 2 aliphatic rings. The van der Waals surface area contributed by atoms with E-state index in [0.717, 1.165) is 31.8 Å². The second-order valence-corrected chi connectivity index (χ2v) is 11.6. The molecule has 2 amide bonds. The molecule has 1 aliphatic heterocycles. The van der Waals surface area contributed by atoms with Crippen LogP contribution >= 0.6 is 11.3 Å². The van der Waals surface area contributed by atoms with E-state index >= 15 is 0 Å². The number of thiazole rings is 1. The summed E-state index contributed by atoms with van der Waals surface area (Å²) in [6, 6.07) is 29.0. The summed E-state index contributed by atoms with van der Waals surface area (Å²) in [6.07, 6.45) is 0. The Labute approximate surface area is 239 Å². The van der Waals surface area contributed by atoms with Crippen LogP contribution in [0.2, 0.25) is 0 Å². The lowest BCUT2D eigenvalue weighted by molar-refractivity contribution is 0.0769. The molecule has 0 spiro atoms. The van der Waals surface area contributed by atoms with Crippen molar-refractivity contribution < 1.29 is 9.59 Å². The highest BCUT2D eigenvalue weighted by atomic mass is 32.1. The van der Waals surface area contributed by atoms with Crippen molar-refractivity contribution in [1.82, 2.24) is 30.2 Å². The van der Waals surface area contributed by atoms with Crippen LogP contribution < -0.4 is 5.32 Å². The molecule has 1 saturated heterocycles.